The maximum absolute atomic E-state index is 13.2. The van der Waals surface area contributed by atoms with Crippen LogP contribution in [0.25, 0.3) is 11.1 Å². The van der Waals surface area contributed by atoms with Crippen LogP contribution in [-0.4, -0.2) is 24.6 Å². The number of alkyl halides is 3. The molecule has 3 aromatic rings. The Morgan fingerprint density at radius 2 is 1.71 bits per heavy atom. The Morgan fingerprint density at radius 3 is 2.40 bits per heavy atom. The number of halogens is 3. The molecule has 0 aromatic heterocycles. The molecule has 4 rings (SSSR count). The maximum Gasteiger partial charge on any atom is 0.416 e. The third-order valence-corrected chi connectivity index (χ3v) is 6.01. The average Bonchev–Trinajstić information content (AvgIpc) is 3.20. The number of fused-ring (bicyclic) bond motifs is 1. The highest BCUT2D eigenvalue weighted by molar-refractivity contribution is 6.09. The summed E-state index contributed by atoms with van der Waals surface area (Å²) in [6, 6.07) is 15.6. The van der Waals surface area contributed by atoms with Gasteiger partial charge in [0.05, 0.1) is 12.2 Å². The largest absolute Gasteiger partial charge is 0.450 e. The third-order valence-electron chi connectivity index (χ3n) is 6.01. The number of carbonyl (C=O) groups is 2. The Balaban J connectivity index is 1.53. The summed E-state index contributed by atoms with van der Waals surface area (Å²) in [5.74, 6) is -0.359. The number of anilines is 1. The molecule has 1 atom stereocenters. The zero-order valence-electron chi connectivity index (χ0n) is 19.3. The number of aryl methyl sites for hydroxylation is 1. The van der Waals surface area contributed by atoms with Crippen LogP contribution in [0.2, 0.25) is 0 Å². The summed E-state index contributed by atoms with van der Waals surface area (Å²) in [5, 5.41) is 5.74. The lowest BCUT2D eigenvalue weighted by molar-refractivity contribution is -0.137. The van der Waals surface area contributed by atoms with E-state index in [2.05, 4.69) is 10.6 Å². The van der Waals surface area contributed by atoms with Gasteiger partial charge in [-0.2, -0.15) is 13.2 Å². The first-order valence-electron chi connectivity index (χ1n) is 11.3. The van der Waals surface area contributed by atoms with Gasteiger partial charge in [0.1, 0.15) is 0 Å². The first-order chi connectivity index (χ1) is 16.7. The van der Waals surface area contributed by atoms with Crippen molar-refractivity contribution >= 4 is 17.7 Å². The van der Waals surface area contributed by atoms with Crippen molar-refractivity contribution in [1.29, 1.82) is 0 Å². The highest BCUT2D eigenvalue weighted by Crippen LogP contribution is 2.33. The van der Waals surface area contributed by atoms with E-state index in [0.29, 0.717) is 41.8 Å². The quantitative estimate of drug-likeness (QED) is 0.459. The van der Waals surface area contributed by atoms with Crippen LogP contribution in [0.3, 0.4) is 0 Å². The minimum atomic E-state index is -4.43. The monoisotopic (exact) mass is 482 g/mol. The van der Waals surface area contributed by atoms with E-state index in [9.17, 15) is 22.8 Å². The van der Waals surface area contributed by atoms with Gasteiger partial charge < -0.3 is 15.4 Å². The number of hydrogen-bond donors (Lipinski definition) is 2. The predicted octanol–water partition coefficient (Wildman–Crippen LogP) is 6.15. The van der Waals surface area contributed by atoms with Crippen LogP contribution >= 0.6 is 0 Å². The zero-order chi connectivity index (χ0) is 25.2. The molecule has 35 heavy (non-hydrogen) atoms. The van der Waals surface area contributed by atoms with Gasteiger partial charge in [-0.3, -0.25) is 4.79 Å². The van der Waals surface area contributed by atoms with Gasteiger partial charge >= 0.3 is 12.3 Å². The number of carbonyl (C=O) groups excluding carboxylic acids is 2. The van der Waals surface area contributed by atoms with E-state index in [-0.39, 0.29) is 11.9 Å². The fourth-order valence-corrected chi connectivity index (χ4v) is 4.40. The Morgan fingerprint density at radius 1 is 1.00 bits per heavy atom. The molecule has 0 heterocycles. The normalized spacial score (nSPS) is 14.8. The minimum absolute atomic E-state index is 0.0713. The molecule has 1 aliphatic carbocycles. The molecule has 1 aliphatic rings. The number of hydrogen-bond acceptors (Lipinski definition) is 3. The lowest BCUT2D eigenvalue weighted by Crippen LogP contribution is -2.35. The van der Waals surface area contributed by atoms with Crippen molar-refractivity contribution in [1.82, 2.24) is 5.32 Å². The lowest BCUT2D eigenvalue weighted by Gasteiger charge is -2.15. The van der Waals surface area contributed by atoms with E-state index in [1.54, 1.807) is 25.1 Å². The van der Waals surface area contributed by atoms with Gasteiger partial charge in [-0.25, -0.2) is 4.79 Å². The molecule has 5 nitrogen and oxygen atoms in total. The van der Waals surface area contributed by atoms with Crippen LogP contribution in [0, 0.1) is 6.92 Å². The smallest absolute Gasteiger partial charge is 0.416 e. The Labute approximate surface area is 201 Å². The van der Waals surface area contributed by atoms with Crippen molar-refractivity contribution in [3.05, 3.63) is 88.5 Å². The molecule has 3 aromatic carbocycles. The van der Waals surface area contributed by atoms with Gasteiger partial charge in [-0.15, -0.1) is 0 Å². The van der Waals surface area contributed by atoms with E-state index in [0.717, 1.165) is 28.8 Å². The molecule has 8 heteroatoms. The second kappa shape index (κ2) is 9.82. The average molecular weight is 483 g/mol. The summed E-state index contributed by atoms with van der Waals surface area (Å²) in [6.07, 6.45) is -3.57. The molecule has 0 aliphatic heterocycles. The van der Waals surface area contributed by atoms with Crippen LogP contribution in [0.4, 0.5) is 23.7 Å². The number of rotatable bonds is 5. The molecular formula is C27H25F3N2O3. The summed E-state index contributed by atoms with van der Waals surface area (Å²) in [6.45, 7) is 3.86. The summed E-state index contributed by atoms with van der Waals surface area (Å²) in [4.78, 5) is 24.9. The van der Waals surface area contributed by atoms with Gasteiger partial charge in [-0.05, 0) is 84.8 Å². The molecule has 0 radical (unpaired) electrons. The molecule has 0 bridgehead atoms. The van der Waals surface area contributed by atoms with Gasteiger partial charge in [0.15, 0.2) is 0 Å². The first kappa shape index (κ1) is 24.3. The van der Waals surface area contributed by atoms with Crippen LogP contribution in [0.15, 0.2) is 60.7 Å². The fraction of sp³-hybridized carbons (Fsp3) is 0.259. The Hall–Kier alpha value is -3.81. The van der Waals surface area contributed by atoms with Crippen LogP contribution in [-0.2, 0) is 23.8 Å². The minimum Gasteiger partial charge on any atom is -0.450 e. The van der Waals surface area contributed by atoms with E-state index in [4.69, 9.17) is 4.74 Å². The molecule has 182 valence electrons. The van der Waals surface area contributed by atoms with Crippen LogP contribution < -0.4 is 10.6 Å². The highest BCUT2D eigenvalue weighted by atomic mass is 19.4. The van der Waals surface area contributed by atoms with Gasteiger partial charge in [0.25, 0.3) is 5.91 Å². The van der Waals surface area contributed by atoms with Crippen LogP contribution in [0.1, 0.15) is 39.5 Å². The van der Waals surface area contributed by atoms with Gasteiger partial charge in [-0.1, -0.05) is 30.3 Å². The molecule has 0 saturated heterocycles. The number of benzene rings is 3. The summed E-state index contributed by atoms with van der Waals surface area (Å²) in [7, 11) is 0. The van der Waals surface area contributed by atoms with Crippen molar-refractivity contribution < 1.29 is 27.5 Å². The second-order valence-corrected chi connectivity index (χ2v) is 8.48. The van der Waals surface area contributed by atoms with E-state index >= 15 is 0 Å². The van der Waals surface area contributed by atoms with Crippen LogP contribution in [0.5, 0.6) is 0 Å². The SMILES string of the molecule is CCOC(=O)NC1Cc2ccc(NC(=O)c3cccc(C)c3-c3ccc(C(F)(F)F)cc3)cc2C1. The number of ether oxygens (including phenoxy) is 1. The summed E-state index contributed by atoms with van der Waals surface area (Å²) >= 11 is 0. The predicted molar refractivity (Wildman–Crippen MR) is 127 cm³/mol. The molecule has 0 fully saturated rings. The van der Waals surface area contributed by atoms with Crippen molar-refractivity contribution in [2.45, 2.75) is 38.9 Å². The van der Waals surface area contributed by atoms with Crippen molar-refractivity contribution in [2.75, 3.05) is 11.9 Å². The van der Waals surface area contributed by atoms with E-state index in [1.165, 1.54) is 12.1 Å². The molecular weight excluding hydrogens is 457 g/mol. The third kappa shape index (κ3) is 5.48. The zero-order valence-corrected chi connectivity index (χ0v) is 19.3. The standard InChI is InChI=1S/C27H25F3N2O3/c1-3-35-26(34)32-22-13-18-9-12-21(14-19(18)15-22)31-25(33)23-6-4-5-16(2)24(23)17-7-10-20(11-8-17)27(28,29)30/h4-12,14,22H,3,13,15H2,1-2H3,(H,31,33)(H,32,34). The topological polar surface area (TPSA) is 67.4 Å². The highest BCUT2D eigenvalue weighted by Gasteiger charge is 2.30. The lowest BCUT2D eigenvalue weighted by atomic mass is 9.93. The van der Waals surface area contributed by atoms with E-state index < -0.39 is 17.8 Å². The Kier molecular flexibility index (Phi) is 6.82. The maximum atomic E-state index is 13.2. The van der Waals surface area contributed by atoms with E-state index in [1.807, 2.05) is 25.1 Å². The van der Waals surface area contributed by atoms with Crippen molar-refractivity contribution in [3.8, 4) is 11.1 Å². The molecule has 2 N–H and O–H groups in total. The second-order valence-electron chi connectivity index (χ2n) is 8.48. The fourth-order valence-electron chi connectivity index (χ4n) is 4.40. The Bertz CT molecular complexity index is 1250. The van der Waals surface area contributed by atoms with Gasteiger partial charge in [0.2, 0.25) is 0 Å². The number of alkyl carbamates (subject to hydrolysis) is 1. The molecule has 1 unspecified atom stereocenters. The van der Waals surface area contributed by atoms with Gasteiger partial charge in [0, 0.05) is 17.3 Å². The first-order valence-corrected chi connectivity index (χ1v) is 11.3. The van der Waals surface area contributed by atoms with Crippen molar-refractivity contribution in [2.24, 2.45) is 0 Å². The summed E-state index contributed by atoms with van der Waals surface area (Å²) < 4.78 is 43.9. The number of amides is 2. The molecule has 0 spiro atoms. The summed E-state index contributed by atoms with van der Waals surface area (Å²) in [5.41, 5.74) is 4.23. The molecule has 0 saturated carbocycles. The number of nitrogens with one attached hydrogen (secondary N) is 2. The van der Waals surface area contributed by atoms with Crippen molar-refractivity contribution in [3.63, 3.8) is 0 Å². The molecule has 2 amide bonds.